The van der Waals surface area contributed by atoms with Crippen molar-refractivity contribution >= 4 is 62.2 Å². The van der Waals surface area contributed by atoms with Gasteiger partial charge >= 0.3 is 0 Å². The molecule has 0 unspecified atom stereocenters. The smallest absolute Gasteiger partial charge is 0.274 e. The van der Waals surface area contributed by atoms with Gasteiger partial charge in [-0.25, -0.2) is 4.98 Å². The highest BCUT2D eigenvalue weighted by atomic mass is 79.9. The molecule has 0 fully saturated rings. The second kappa shape index (κ2) is 13.4. The Balaban J connectivity index is 1.44. The quantitative estimate of drug-likeness (QED) is 0.0784. The first-order chi connectivity index (χ1) is 22.1. The Kier molecular flexibility index (Phi) is 9.23. The number of phenolic OH excluding ortho intramolecular Hbond substituents is 2. The summed E-state index contributed by atoms with van der Waals surface area (Å²) in [4.78, 5) is 34.9. The van der Waals surface area contributed by atoms with Crippen LogP contribution in [0.15, 0.2) is 79.5 Å². The summed E-state index contributed by atoms with van der Waals surface area (Å²) in [5, 5.41) is 43.8. The highest BCUT2D eigenvalue weighted by Crippen LogP contribution is 2.37. The number of nitrogens with zero attached hydrogens (tertiary/aromatic N) is 5. The normalized spacial score (nSPS) is 11.5. The number of halogens is 1. The lowest BCUT2D eigenvalue weighted by Gasteiger charge is -2.08. The molecular weight excluding hydrogens is 666 g/mol. The van der Waals surface area contributed by atoms with Crippen LogP contribution in [0.2, 0.25) is 0 Å². The van der Waals surface area contributed by atoms with Crippen LogP contribution in [0, 0.1) is 20.2 Å². The lowest BCUT2D eigenvalue weighted by atomic mass is 10.1. The number of aromatic nitrogens is 1. The molecule has 1 heterocycles. The summed E-state index contributed by atoms with van der Waals surface area (Å²) in [6.45, 7) is 3.80. The molecule has 0 aliphatic heterocycles. The van der Waals surface area contributed by atoms with Crippen LogP contribution in [0.3, 0.4) is 0 Å². The fourth-order valence-corrected chi connectivity index (χ4v) is 4.66. The minimum atomic E-state index is -0.588. The molecule has 0 aliphatic rings. The van der Waals surface area contributed by atoms with Crippen molar-refractivity contribution in [2.24, 2.45) is 9.98 Å². The molecule has 46 heavy (non-hydrogen) atoms. The summed E-state index contributed by atoms with van der Waals surface area (Å²) in [5.74, 6) is -0.334. The van der Waals surface area contributed by atoms with Crippen LogP contribution in [0.25, 0.3) is 22.6 Å². The maximum Gasteiger partial charge on any atom is 0.274 e. The molecule has 0 bridgehead atoms. The number of phenols is 2. The predicted octanol–water partition coefficient (Wildman–Crippen LogP) is 7.78. The van der Waals surface area contributed by atoms with Crippen LogP contribution >= 0.6 is 15.9 Å². The molecule has 15 heteroatoms. The number of oxazole rings is 1. The first-order valence-electron chi connectivity index (χ1n) is 13.6. The molecule has 5 rings (SSSR count). The maximum absolute atomic E-state index is 11.4. The topological polar surface area (TPSA) is 196 Å². The van der Waals surface area contributed by atoms with Gasteiger partial charge in [0.1, 0.15) is 5.52 Å². The van der Waals surface area contributed by atoms with E-state index in [1.165, 1.54) is 24.6 Å². The van der Waals surface area contributed by atoms with E-state index in [-0.39, 0.29) is 64.6 Å². The fourth-order valence-electron chi connectivity index (χ4n) is 4.31. The Labute approximate surface area is 268 Å². The van der Waals surface area contributed by atoms with Gasteiger partial charge in [0.05, 0.1) is 46.6 Å². The number of non-ortho nitro benzene ring substituents is 2. The van der Waals surface area contributed by atoms with Gasteiger partial charge in [0, 0.05) is 45.7 Å². The van der Waals surface area contributed by atoms with E-state index in [1.807, 2.05) is 0 Å². The van der Waals surface area contributed by atoms with Crippen molar-refractivity contribution in [1.82, 2.24) is 4.98 Å². The molecule has 234 valence electrons. The molecule has 2 N–H and O–H groups in total. The number of hydrogen-bond acceptors (Lipinski definition) is 12. The monoisotopic (exact) mass is 689 g/mol. The van der Waals surface area contributed by atoms with E-state index in [0.29, 0.717) is 32.5 Å². The Bertz CT molecular complexity index is 2040. The zero-order valence-electron chi connectivity index (χ0n) is 24.2. The van der Waals surface area contributed by atoms with Crippen molar-refractivity contribution in [1.29, 1.82) is 0 Å². The van der Waals surface area contributed by atoms with E-state index in [1.54, 1.807) is 50.2 Å². The molecular formula is C31H24BrN5O9. The molecule has 5 aromatic rings. The number of benzene rings is 4. The van der Waals surface area contributed by atoms with E-state index < -0.39 is 9.85 Å². The van der Waals surface area contributed by atoms with Crippen LogP contribution in [-0.4, -0.2) is 50.7 Å². The van der Waals surface area contributed by atoms with Gasteiger partial charge in [-0.3, -0.25) is 30.2 Å². The molecule has 0 amide bonds. The van der Waals surface area contributed by atoms with E-state index in [0.717, 1.165) is 12.1 Å². The van der Waals surface area contributed by atoms with Gasteiger partial charge in [0.25, 0.3) is 11.4 Å². The van der Waals surface area contributed by atoms with Gasteiger partial charge in [0.15, 0.2) is 28.6 Å². The van der Waals surface area contributed by atoms with Crippen molar-refractivity contribution in [3.63, 3.8) is 0 Å². The van der Waals surface area contributed by atoms with Crippen molar-refractivity contribution in [3.05, 3.63) is 96.5 Å². The van der Waals surface area contributed by atoms with E-state index in [9.17, 15) is 30.4 Å². The number of rotatable bonds is 11. The van der Waals surface area contributed by atoms with Crippen molar-refractivity contribution in [3.8, 4) is 34.5 Å². The first kappa shape index (κ1) is 31.6. The van der Waals surface area contributed by atoms with Crippen LogP contribution in [0.4, 0.5) is 22.7 Å². The molecule has 0 atom stereocenters. The maximum atomic E-state index is 11.4. The lowest BCUT2D eigenvalue weighted by Crippen LogP contribution is -1.97. The largest absolute Gasteiger partial charge is 0.504 e. The first-order valence-corrected chi connectivity index (χ1v) is 14.4. The summed E-state index contributed by atoms with van der Waals surface area (Å²) in [5.41, 5.74) is 2.06. The Morgan fingerprint density at radius 3 is 2.00 bits per heavy atom. The van der Waals surface area contributed by atoms with Crippen LogP contribution < -0.4 is 9.47 Å². The number of ether oxygens (including phenoxy) is 2. The summed E-state index contributed by atoms with van der Waals surface area (Å²) in [7, 11) is 0. The lowest BCUT2D eigenvalue weighted by molar-refractivity contribution is -0.385. The number of fused-ring (bicyclic) bond motifs is 1. The molecule has 0 radical (unpaired) electrons. The second-order valence-electron chi connectivity index (χ2n) is 9.50. The molecule has 0 saturated heterocycles. The summed E-state index contributed by atoms with van der Waals surface area (Å²) in [6, 6.07) is 14.8. The van der Waals surface area contributed by atoms with Crippen molar-refractivity contribution in [2.75, 3.05) is 13.2 Å². The summed E-state index contributed by atoms with van der Waals surface area (Å²) >= 11 is 3.44. The third kappa shape index (κ3) is 6.78. The Morgan fingerprint density at radius 1 is 0.848 bits per heavy atom. The minimum absolute atomic E-state index is 0.0231. The number of nitro groups is 2. The minimum Gasteiger partial charge on any atom is -0.504 e. The number of aliphatic imine (C=N–C) groups is 2. The molecule has 0 aliphatic carbocycles. The van der Waals surface area contributed by atoms with Gasteiger partial charge in [-0.05, 0) is 66.2 Å². The SMILES string of the molecule is CCOc1cc([N+](=O)[O-])cc(C=Nc2ccc3oc(-c4ccc(Br)c(N=Cc5cc([N+](=O)[O-])cc(OCC)c5O)c4)nc3c2)c1O. The predicted molar refractivity (Wildman–Crippen MR) is 174 cm³/mol. The summed E-state index contributed by atoms with van der Waals surface area (Å²) in [6.07, 6.45) is 2.59. The second-order valence-corrected chi connectivity index (χ2v) is 10.4. The van der Waals surface area contributed by atoms with Crippen molar-refractivity contribution < 1.29 is 34.0 Å². The molecule has 4 aromatic carbocycles. The highest BCUT2D eigenvalue weighted by molar-refractivity contribution is 9.10. The summed E-state index contributed by atoms with van der Waals surface area (Å²) < 4.78 is 17.2. The van der Waals surface area contributed by atoms with Crippen LogP contribution in [0.5, 0.6) is 23.0 Å². The molecule has 14 nitrogen and oxygen atoms in total. The Morgan fingerprint density at radius 2 is 1.43 bits per heavy atom. The molecule has 1 aromatic heterocycles. The number of hydrogen-bond donors (Lipinski definition) is 2. The molecule has 0 saturated carbocycles. The van der Waals surface area contributed by atoms with E-state index in [2.05, 4.69) is 30.9 Å². The van der Waals surface area contributed by atoms with Gasteiger partial charge in [-0.15, -0.1) is 0 Å². The highest BCUT2D eigenvalue weighted by Gasteiger charge is 2.18. The fraction of sp³-hybridized carbons (Fsp3) is 0.129. The van der Waals surface area contributed by atoms with Crippen molar-refractivity contribution in [2.45, 2.75) is 13.8 Å². The van der Waals surface area contributed by atoms with E-state index >= 15 is 0 Å². The number of aromatic hydroxyl groups is 2. The van der Waals surface area contributed by atoms with Gasteiger partial charge < -0.3 is 24.1 Å². The van der Waals surface area contributed by atoms with Crippen LogP contribution in [0.1, 0.15) is 25.0 Å². The average Bonchev–Trinajstić information content (AvgIpc) is 3.46. The van der Waals surface area contributed by atoms with Gasteiger partial charge in [0.2, 0.25) is 5.89 Å². The van der Waals surface area contributed by atoms with E-state index in [4.69, 9.17) is 13.9 Å². The van der Waals surface area contributed by atoms with Crippen LogP contribution in [-0.2, 0) is 0 Å². The third-order valence-corrected chi connectivity index (χ3v) is 7.13. The van der Waals surface area contributed by atoms with Gasteiger partial charge in [-0.1, -0.05) is 0 Å². The third-order valence-electron chi connectivity index (χ3n) is 6.46. The molecule has 0 spiro atoms. The Hall–Kier alpha value is -5.83. The average molecular weight is 690 g/mol. The zero-order valence-corrected chi connectivity index (χ0v) is 25.8. The number of nitro benzene ring substituents is 2. The standard InChI is InChI=1S/C31H24BrN5O9/c1-3-44-27-13-21(36(40)41)9-18(29(27)38)15-33-20-6-8-26-25(12-20)35-31(46-26)17-5-7-23(32)24(11-17)34-16-19-10-22(37(42)43)14-28(30(19)39)45-4-2/h5-16,38-39H,3-4H2,1-2H3. The van der Waals surface area contributed by atoms with Gasteiger partial charge in [-0.2, -0.15) is 0 Å². The zero-order chi connectivity index (χ0) is 33.0.